The molecule has 1 heterocycles. The summed E-state index contributed by atoms with van der Waals surface area (Å²) in [6.07, 6.45) is 3.03. The third kappa shape index (κ3) is 7.29. The zero-order valence-electron chi connectivity index (χ0n) is 21.2. The minimum atomic E-state index is -3.26. The monoisotopic (exact) mass is 569 g/mol. The summed E-state index contributed by atoms with van der Waals surface area (Å²) in [5.41, 5.74) is 1.45. The van der Waals surface area contributed by atoms with Gasteiger partial charge < -0.3 is 14.8 Å². The van der Waals surface area contributed by atoms with Gasteiger partial charge in [0, 0.05) is 23.8 Å². The average Bonchev–Trinajstić information content (AvgIpc) is 3.67. The predicted octanol–water partition coefficient (Wildman–Crippen LogP) is 5.40. The molecule has 11 heteroatoms. The van der Waals surface area contributed by atoms with Crippen molar-refractivity contribution < 1.29 is 22.7 Å². The zero-order chi connectivity index (χ0) is 26.7. The first-order chi connectivity index (χ1) is 17.6. The first-order valence-corrected chi connectivity index (χ1v) is 14.7. The number of hydrogen-bond acceptors (Lipinski definition) is 6. The van der Waals surface area contributed by atoms with Gasteiger partial charge in [-0.25, -0.2) is 13.1 Å². The van der Waals surface area contributed by atoms with Gasteiger partial charge in [0.05, 0.1) is 28.9 Å². The summed E-state index contributed by atoms with van der Waals surface area (Å²) in [5, 5.41) is 3.10. The molecule has 37 heavy (non-hydrogen) atoms. The van der Waals surface area contributed by atoms with E-state index in [0.29, 0.717) is 23.7 Å². The maximum absolute atomic E-state index is 12.7. The smallest absolute Gasteiger partial charge is 0.238 e. The lowest BCUT2D eigenvalue weighted by atomic mass is 10.0. The first kappa shape index (κ1) is 28.0. The fraction of sp³-hybridized carbons (Fsp3) is 0.500. The lowest BCUT2D eigenvalue weighted by Gasteiger charge is -2.32. The average molecular weight is 571 g/mol. The number of ether oxygens (including phenoxy) is 2. The molecule has 0 aromatic heterocycles. The molecule has 1 atom stereocenters. The Morgan fingerprint density at radius 2 is 1.84 bits per heavy atom. The maximum atomic E-state index is 12.7. The van der Waals surface area contributed by atoms with Crippen molar-refractivity contribution in [2.24, 2.45) is 0 Å². The Morgan fingerprint density at radius 3 is 2.46 bits per heavy atom. The number of nitrogens with one attached hydrogen (secondary N) is 2. The Kier molecular flexibility index (Phi) is 8.91. The summed E-state index contributed by atoms with van der Waals surface area (Å²) >= 11 is 12.9. The van der Waals surface area contributed by atoms with Crippen LogP contribution in [0, 0.1) is 0 Å². The second kappa shape index (κ2) is 11.8. The van der Waals surface area contributed by atoms with Crippen molar-refractivity contribution in [1.82, 2.24) is 9.62 Å². The number of benzene rings is 2. The van der Waals surface area contributed by atoms with E-state index in [-0.39, 0.29) is 39.7 Å². The summed E-state index contributed by atoms with van der Waals surface area (Å²) in [7, 11) is -1.63. The van der Waals surface area contributed by atoms with Gasteiger partial charge in [0.25, 0.3) is 0 Å². The minimum Gasteiger partial charge on any atom is -0.496 e. The summed E-state index contributed by atoms with van der Waals surface area (Å²) in [4.78, 5) is 14.7. The van der Waals surface area contributed by atoms with Crippen molar-refractivity contribution in [3.8, 4) is 17.2 Å². The number of nitrogens with zero attached hydrogens (tertiary/aromatic N) is 1. The topological polar surface area (TPSA) is 97.0 Å². The highest BCUT2D eigenvalue weighted by Gasteiger charge is 2.37. The van der Waals surface area contributed by atoms with Crippen molar-refractivity contribution in [1.29, 1.82) is 0 Å². The molecule has 2 N–H and O–H groups in total. The van der Waals surface area contributed by atoms with E-state index < -0.39 is 10.0 Å². The van der Waals surface area contributed by atoms with E-state index in [2.05, 4.69) is 23.9 Å². The van der Waals surface area contributed by atoms with Crippen LogP contribution in [0.15, 0.2) is 30.3 Å². The lowest BCUT2D eigenvalue weighted by Crippen LogP contribution is -2.50. The Balaban J connectivity index is 1.37. The fourth-order valence-corrected chi connectivity index (χ4v) is 6.65. The molecule has 0 unspecified atom stereocenters. The quantitative estimate of drug-likeness (QED) is 0.397. The summed E-state index contributed by atoms with van der Waals surface area (Å²) in [5.74, 6) is 1.64. The molecule has 4 rings (SSSR count). The molecule has 2 aromatic rings. The van der Waals surface area contributed by atoms with Crippen LogP contribution in [0.25, 0.3) is 0 Å². The van der Waals surface area contributed by atoms with Crippen molar-refractivity contribution >= 4 is 44.8 Å². The number of amides is 1. The first-order valence-electron chi connectivity index (χ1n) is 12.4. The Labute approximate surface area is 228 Å². The van der Waals surface area contributed by atoms with E-state index in [4.69, 9.17) is 32.7 Å². The van der Waals surface area contributed by atoms with E-state index in [0.717, 1.165) is 43.5 Å². The molecule has 2 fully saturated rings. The zero-order valence-corrected chi connectivity index (χ0v) is 23.5. The van der Waals surface area contributed by atoms with Gasteiger partial charge >= 0.3 is 0 Å². The van der Waals surface area contributed by atoms with Gasteiger partial charge in [-0.3, -0.25) is 9.69 Å². The lowest BCUT2D eigenvalue weighted by molar-refractivity contribution is -0.117. The van der Waals surface area contributed by atoms with E-state index in [1.165, 1.54) is 0 Å². The van der Waals surface area contributed by atoms with E-state index in [1.54, 1.807) is 25.3 Å². The highest BCUT2D eigenvalue weighted by Crippen LogP contribution is 2.40. The van der Waals surface area contributed by atoms with Crippen LogP contribution in [0.5, 0.6) is 17.2 Å². The molecule has 0 bridgehead atoms. The molecule has 202 valence electrons. The van der Waals surface area contributed by atoms with Gasteiger partial charge in [-0.2, -0.15) is 0 Å². The van der Waals surface area contributed by atoms with Crippen molar-refractivity contribution in [2.75, 3.05) is 32.1 Å². The number of likely N-dealkylation sites (tertiary alicyclic amines) is 1. The normalized spacial score (nSPS) is 18.6. The number of sulfonamides is 1. The molecular formula is C26H33Cl2N3O5S. The summed E-state index contributed by atoms with van der Waals surface area (Å²) in [6.45, 7) is 5.49. The van der Waals surface area contributed by atoms with Crippen LogP contribution in [-0.2, 0) is 14.8 Å². The molecule has 1 aliphatic heterocycles. The number of carbonyl (C=O) groups excluding carboxylic acids is 1. The highest BCUT2D eigenvalue weighted by atomic mass is 35.5. The third-order valence-corrected chi connectivity index (χ3v) is 9.06. The standard InChI is InChI=1S/C26H33Cl2N3O5S/c1-16(2)21-13-19(6-9-24(21)35-3)36-26-22(27)11-18(12-23(26)28)29-25(32)15-31-10-4-5-17(14-31)30-37(33,34)20-7-8-20/h6,9,11-13,16-17,20,30H,4-5,7-8,10,14-15H2,1-3H3,(H,29,32)/t17-/m1/s1. The SMILES string of the molecule is COc1ccc(Oc2c(Cl)cc(NC(=O)CN3CCC[C@@H](NS(=O)(=O)C4CC4)C3)cc2Cl)cc1C(C)C. The van der Waals surface area contributed by atoms with E-state index in [9.17, 15) is 13.2 Å². The fourth-order valence-electron chi connectivity index (χ4n) is 4.48. The van der Waals surface area contributed by atoms with Gasteiger partial charge in [-0.05, 0) is 68.5 Å². The van der Waals surface area contributed by atoms with Gasteiger partial charge in [-0.15, -0.1) is 0 Å². The number of piperidine rings is 1. The van der Waals surface area contributed by atoms with Crippen LogP contribution >= 0.6 is 23.2 Å². The van der Waals surface area contributed by atoms with E-state index in [1.807, 2.05) is 17.0 Å². The van der Waals surface area contributed by atoms with Crippen LogP contribution in [-0.4, -0.2) is 57.3 Å². The Bertz CT molecular complexity index is 1230. The van der Waals surface area contributed by atoms with Crippen molar-refractivity contribution in [2.45, 2.75) is 56.7 Å². The second-order valence-electron chi connectivity index (χ2n) is 9.91. The van der Waals surface area contributed by atoms with E-state index >= 15 is 0 Å². The Hall–Kier alpha value is -2.04. The number of carbonyl (C=O) groups is 1. The molecule has 0 radical (unpaired) electrons. The van der Waals surface area contributed by atoms with Crippen LogP contribution in [0.1, 0.15) is 51.0 Å². The molecule has 1 saturated heterocycles. The van der Waals surface area contributed by atoms with Gasteiger partial charge in [0.2, 0.25) is 15.9 Å². The summed E-state index contributed by atoms with van der Waals surface area (Å²) < 4.78 is 38.7. The number of anilines is 1. The number of halogens is 2. The van der Waals surface area contributed by atoms with Crippen molar-refractivity contribution in [3.05, 3.63) is 45.9 Å². The third-order valence-electron chi connectivity index (χ3n) is 6.49. The van der Waals surface area contributed by atoms with Crippen LogP contribution in [0.3, 0.4) is 0 Å². The largest absolute Gasteiger partial charge is 0.496 e. The summed E-state index contributed by atoms with van der Waals surface area (Å²) in [6, 6.07) is 8.52. The Morgan fingerprint density at radius 1 is 1.14 bits per heavy atom. The van der Waals surface area contributed by atoms with Gasteiger partial charge in [-0.1, -0.05) is 37.0 Å². The molecular weight excluding hydrogens is 537 g/mol. The molecule has 1 saturated carbocycles. The van der Waals surface area contributed by atoms with Crippen molar-refractivity contribution in [3.63, 3.8) is 0 Å². The molecule has 0 spiro atoms. The molecule has 8 nitrogen and oxygen atoms in total. The number of rotatable bonds is 10. The molecule has 2 aromatic carbocycles. The van der Waals surface area contributed by atoms with Crippen LogP contribution < -0.4 is 19.5 Å². The predicted molar refractivity (Wildman–Crippen MR) is 147 cm³/mol. The molecule has 1 amide bonds. The maximum Gasteiger partial charge on any atom is 0.238 e. The second-order valence-corrected chi connectivity index (χ2v) is 12.7. The van der Waals surface area contributed by atoms with Gasteiger partial charge in [0.15, 0.2) is 5.75 Å². The number of hydrogen-bond donors (Lipinski definition) is 2. The number of methoxy groups -OCH3 is 1. The molecule has 2 aliphatic rings. The van der Waals surface area contributed by atoms with Crippen LogP contribution in [0.2, 0.25) is 10.0 Å². The van der Waals surface area contributed by atoms with Gasteiger partial charge in [0.1, 0.15) is 11.5 Å². The molecule has 1 aliphatic carbocycles. The minimum absolute atomic E-state index is 0.138. The highest BCUT2D eigenvalue weighted by molar-refractivity contribution is 7.90. The van der Waals surface area contributed by atoms with Crippen LogP contribution in [0.4, 0.5) is 5.69 Å².